The molecule has 0 N–H and O–H groups in total. The maximum absolute atomic E-state index is 13.5. The van der Waals surface area contributed by atoms with Crippen LogP contribution in [0.15, 0.2) is 59.5 Å². The van der Waals surface area contributed by atoms with Crippen LogP contribution in [0.25, 0.3) is 6.08 Å². The number of amides is 1. The van der Waals surface area contributed by atoms with Crippen LogP contribution in [0.4, 0.5) is 0 Å². The minimum Gasteiger partial charge on any atom is -0.322 e. The highest BCUT2D eigenvalue weighted by Gasteiger charge is 2.37. The topological polar surface area (TPSA) is 26.8 Å². The third-order valence-electron chi connectivity index (χ3n) is 7.60. The van der Waals surface area contributed by atoms with Gasteiger partial charge >= 0.3 is 0 Å². The first kappa shape index (κ1) is 24.9. The molecule has 5 rings (SSSR count). The van der Waals surface area contributed by atoms with Gasteiger partial charge in [0.15, 0.2) is 0 Å². The second-order valence-electron chi connectivity index (χ2n) is 9.97. The van der Waals surface area contributed by atoms with Crippen LogP contribution in [0.5, 0.6) is 0 Å². The second kappa shape index (κ2) is 12.0. The van der Waals surface area contributed by atoms with Gasteiger partial charge < -0.3 is 9.80 Å². The molecule has 4 nitrogen and oxygen atoms in total. The fraction of sp³-hybridized carbons (Fsp3) is 0.483. The summed E-state index contributed by atoms with van der Waals surface area (Å²) in [5, 5.41) is 0.686. The van der Waals surface area contributed by atoms with Crippen molar-refractivity contribution in [3.8, 4) is 0 Å². The average molecular weight is 510 g/mol. The molecule has 2 aromatic rings. The zero-order valence-electron chi connectivity index (χ0n) is 20.4. The van der Waals surface area contributed by atoms with Gasteiger partial charge in [0.25, 0.3) is 5.91 Å². The molecule has 0 aromatic heterocycles. The van der Waals surface area contributed by atoms with Crippen molar-refractivity contribution in [2.24, 2.45) is 0 Å². The summed E-state index contributed by atoms with van der Waals surface area (Å²) in [5.41, 5.74) is 2.15. The predicted octanol–water partition coefficient (Wildman–Crippen LogP) is 6.30. The second-order valence-corrected chi connectivity index (χ2v) is 11.5. The summed E-state index contributed by atoms with van der Waals surface area (Å²) < 4.78 is 0. The van der Waals surface area contributed by atoms with Crippen molar-refractivity contribution in [1.82, 2.24) is 14.7 Å². The fourth-order valence-electron chi connectivity index (χ4n) is 5.67. The van der Waals surface area contributed by atoms with Gasteiger partial charge in [0, 0.05) is 43.8 Å². The number of nitrogens with zero attached hydrogens (tertiary/aromatic N) is 3. The number of rotatable bonds is 7. The van der Waals surface area contributed by atoms with E-state index in [1.165, 1.54) is 45.2 Å². The number of hydrogen-bond donors (Lipinski definition) is 0. The lowest BCUT2D eigenvalue weighted by Gasteiger charge is -2.41. The van der Waals surface area contributed by atoms with Crippen LogP contribution in [0.3, 0.4) is 0 Å². The van der Waals surface area contributed by atoms with Gasteiger partial charge in [0.2, 0.25) is 0 Å². The predicted molar refractivity (Wildman–Crippen MR) is 147 cm³/mol. The molecule has 1 atom stereocenters. The Hall–Kier alpha value is -1.79. The number of carbonyl (C=O) groups excluding carboxylic acids is 1. The SMILES string of the molecule is O=C1/C(=C\c2ccccc2)SC(c2cccc(Cl)c2)N1CCCN1CCN(C2CCCCC2)CC1. The first-order valence-corrected chi connectivity index (χ1v) is 14.4. The molecule has 0 spiro atoms. The van der Waals surface area contributed by atoms with E-state index in [4.69, 9.17) is 11.6 Å². The summed E-state index contributed by atoms with van der Waals surface area (Å²) >= 11 is 7.95. The molecule has 3 fully saturated rings. The number of benzene rings is 2. The molecule has 0 bridgehead atoms. The fourth-order valence-corrected chi connectivity index (χ4v) is 7.14. The largest absolute Gasteiger partial charge is 0.322 e. The van der Waals surface area contributed by atoms with Gasteiger partial charge in [0.1, 0.15) is 5.37 Å². The van der Waals surface area contributed by atoms with Gasteiger partial charge in [-0.25, -0.2) is 0 Å². The Kier molecular flexibility index (Phi) is 8.51. The molecule has 1 aliphatic carbocycles. The van der Waals surface area contributed by atoms with Crippen LogP contribution < -0.4 is 0 Å². The summed E-state index contributed by atoms with van der Waals surface area (Å²) in [6.45, 7) is 6.49. The number of carbonyl (C=O) groups is 1. The van der Waals surface area contributed by atoms with Crippen molar-refractivity contribution in [3.63, 3.8) is 0 Å². The van der Waals surface area contributed by atoms with Crippen molar-refractivity contribution < 1.29 is 4.79 Å². The summed E-state index contributed by atoms with van der Waals surface area (Å²) in [6.07, 6.45) is 10.0. The van der Waals surface area contributed by atoms with Gasteiger partial charge in [-0.3, -0.25) is 9.69 Å². The van der Waals surface area contributed by atoms with Crippen LogP contribution >= 0.6 is 23.4 Å². The van der Waals surface area contributed by atoms with Gasteiger partial charge in [-0.15, -0.1) is 0 Å². The highest BCUT2D eigenvalue weighted by Crippen LogP contribution is 2.46. The highest BCUT2D eigenvalue weighted by molar-refractivity contribution is 8.04. The molecule has 6 heteroatoms. The summed E-state index contributed by atoms with van der Waals surface area (Å²) in [5.74, 6) is 0.131. The van der Waals surface area contributed by atoms with E-state index in [1.54, 1.807) is 11.8 Å². The molecule has 2 aliphatic heterocycles. The van der Waals surface area contributed by atoms with Gasteiger partial charge in [-0.2, -0.15) is 0 Å². The van der Waals surface area contributed by atoms with Crippen molar-refractivity contribution in [2.75, 3.05) is 39.3 Å². The third-order valence-corrected chi connectivity index (χ3v) is 9.13. The molecule has 35 heavy (non-hydrogen) atoms. The monoisotopic (exact) mass is 509 g/mol. The zero-order valence-corrected chi connectivity index (χ0v) is 22.0. The van der Waals surface area contributed by atoms with E-state index < -0.39 is 0 Å². The van der Waals surface area contributed by atoms with E-state index in [0.29, 0.717) is 5.02 Å². The van der Waals surface area contributed by atoms with Crippen molar-refractivity contribution in [2.45, 2.75) is 49.9 Å². The van der Waals surface area contributed by atoms with Crippen LogP contribution in [-0.2, 0) is 4.79 Å². The minimum atomic E-state index is -0.0284. The smallest absolute Gasteiger partial charge is 0.261 e. The first-order chi connectivity index (χ1) is 17.2. The first-order valence-electron chi connectivity index (χ1n) is 13.1. The number of hydrogen-bond acceptors (Lipinski definition) is 4. The normalized spacial score (nSPS) is 23.9. The van der Waals surface area contributed by atoms with Crippen LogP contribution in [0, 0.1) is 0 Å². The van der Waals surface area contributed by atoms with Crippen molar-refractivity contribution in [1.29, 1.82) is 0 Å². The maximum atomic E-state index is 13.5. The molecule has 186 valence electrons. The number of thioether (sulfide) groups is 1. The minimum absolute atomic E-state index is 0.0284. The molecular formula is C29H36ClN3OS. The van der Waals surface area contributed by atoms with Crippen molar-refractivity contribution in [3.05, 3.63) is 75.7 Å². The Balaban J connectivity index is 1.20. The van der Waals surface area contributed by atoms with Crippen LogP contribution in [0.2, 0.25) is 5.02 Å². The van der Waals surface area contributed by atoms with E-state index in [1.807, 2.05) is 59.5 Å². The Morgan fingerprint density at radius 1 is 0.914 bits per heavy atom. The van der Waals surface area contributed by atoms with Crippen molar-refractivity contribution >= 4 is 35.3 Å². The van der Waals surface area contributed by atoms with Crippen LogP contribution in [-0.4, -0.2) is 65.9 Å². The molecule has 2 saturated heterocycles. The maximum Gasteiger partial charge on any atom is 0.261 e. The van der Waals surface area contributed by atoms with E-state index in [2.05, 4.69) is 15.9 Å². The van der Waals surface area contributed by atoms with E-state index in [0.717, 1.165) is 54.7 Å². The molecule has 1 saturated carbocycles. The van der Waals surface area contributed by atoms with Crippen LogP contribution in [0.1, 0.15) is 55.0 Å². The Labute approximate surface area is 219 Å². The average Bonchev–Trinajstić information content (AvgIpc) is 3.20. The molecule has 1 unspecified atom stereocenters. The molecule has 2 aromatic carbocycles. The Morgan fingerprint density at radius 2 is 1.69 bits per heavy atom. The number of piperazine rings is 1. The van der Waals surface area contributed by atoms with Gasteiger partial charge in [-0.05, 0) is 55.1 Å². The van der Waals surface area contributed by atoms with E-state index >= 15 is 0 Å². The van der Waals surface area contributed by atoms with Gasteiger partial charge in [0.05, 0.1) is 4.91 Å². The summed E-state index contributed by atoms with van der Waals surface area (Å²) in [7, 11) is 0. The van der Waals surface area contributed by atoms with E-state index in [-0.39, 0.29) is 11.3 Å². The summed E-state index contributed by atoms with van der Waals surface area (Å²) in [6, 6.07) is 18.9. The molecular weight excluding hydrogens is 474 g/mol. The Morgan fingerprint density at radius 3 is 2.43 bits per heavy atom. The van der Waals surface area contributed by atoms with Gasteiger partial charge in [-0.1, -0.05) is 85.1 Å². The third kappa shape index (κ3) is 6.32. The Bertz CT molecular complexity index is 1020. The lowest BCUT2D eigenvalue weighted by molar-refractivity contribution is -0.126. The molecule has 2 heterocycles. The quantitative estimate of drug-likeness (QED) is 0.409. The standard InChI is InChI=1S/C29H36ClN3OS/c30-25-12-7-11-24(22-25)29-33(28(34)27(35-29)21-23-9-3-1-4-10-23)16-8-15-31-17-19-32(20-18-31)26-13-5-2-6-14-26/h1,3-4,7,9-12,21-22,26,29H,2,5-6,8,13-20H2/b27-21+. The lowest BCUT2D eigenvalue weighted by atomic mass is 9.94. The molecule has 1 amide bonds. The molecule has 0 radical (unpaired) electrons. The highest BCUT2D eigenvalue weighted by atomic mass is 35.5. The number of halogens is 1. The molecule has 3 aliphatic rings. The summed E-state index contributed by atoms with van der Waals surface area (Å²) in [4.78, 5) is 21.6. The van der Waals surface area contributed by atoms with E-state index in [9.17, 15) is 4.79 Å². The lowest BCUT2D eigenvalue weighted by Crippen LogP contribution is -2.51. The zero-order chi connectivity index (χ0) is 24.0.